The Balaban J connectivity index is 1.83. The normalized spacial score (nSPS) is 28.8. The summed E-state index contributed by atoms with van der Waals surface area (Å²) in [5.41, 5.74) is 5.20. The van der Waals surface area contributed by atoms with Gasteiger partial charge >= 0.3 is 5.97 Å². The van der Waals surface area contributed by atoms with Crippen LogP contribution in [0.15, 0.2) is 0 Å². The minimum Gasteiger partial charge on any atom is -0.481 e. The Labute approximate surface area is 98.8 Å². The lowest BCUT2D eigenvalue weighted by Crippen LogP contribution is -2.42. The minimum absolute atomic E-state index is 0.0830. The summed E-state index contributed by atoms with van der Waals surface area (Å²) in [6.45, 7) is 1.02. The number of aliphatic carboxylic acids is 1. The van der Waals surface area contributed by atoms with Crippen molar-refractivity contribution in [1.82, 2.24) is 4.90 Å². The smallest absolute Gasteiger partial charge is 0.307 e. The first kappa shape index (κ1) is 11.9. The molecule has 3 N–H and O–H groups in total. The SMILES string of the molecule is NC(=O)C1CCN(C(=O)C2CC2C(=O)O)CC1. The fraction of sp³-hybridized carbons (Fsp3) is 0.727. The van der Waals surface area contributed by atoms with E-state index in [1.165, 1.54) is 0 Å². The van der Waals surface area contributed by atoms with Crippen LogP contribution in [-0.2, 0) is 14.4 Å². The number of amides is 2. The van der Waals surface area contributed by atoms with E-state index in [4.69, 9.17) is 10.8 Å². The predicted molar refractivity (Wildman–Crippen MR) is 57.7 cm³/mol. The molecule has 2 atom stereocenters. The second kappa shape index (κ2) is 4.35. The summed E-state index contributed by atoms with van der Waals surface area (Å²) in [4.78, 5) is 35.2. The highest BCUT2D eigenvalue weighted by Gasteiger charge is 2.50. The van der Waals surface area contributed by atoms with E-state index in [0.29, 0.717) is 32.4 Å². The van der Waals surface area contributed by atoms with Crippen molar-refractivity contribution in [1.29, 1.82) is 0 Å². The molecule has 0 aromatic heterocycles. The number of rotatable bonds is 3. The molecule has 0 bridgehead atoms. The first-order valence-electron chi connectivity index (χ1n) is 5.81. The lowest BCUT2D eigenvalue weighted by atomic mass is 9.96. The van der Waals surface area contributed by atoms with Gasteiger partial charge in [0.15, 0.2) is 0 Å². The van der Waals surface area contributed by atoms with E-state index in [1.54, 1.807) is 4.90 Å². The van der Waals surface area contributed by atoms with Gasteiger partial charge in [0.2, 0.25) is 11.8 Å². The van der Waals surface area contributed by atoms with Crippen LogP contribution in [0.1, 0.15) is 19.3 Å². The van der Waals surface area contributed by atoms with Crippen LogP contribution in [-0.4, -0.2) is 40.9 Å². The highest BCUT2D eigenvalue weighted by molar-refractivity contribution is 5.89. The third kappa shape index (κ3) is 2.40. The van der Waals surface area contributed by atoms with Crippen molar-refractivity contribution in [2.24, 2.45) is 23.5 Å². The quantitative estimate of drug-likeness (QED) is 0.689. The van der Waals surface area contributed by atoms with Gasteiger partial charge in [0.1, 0.15) is 0 Å². The Morgan fingerprint density at radius 3 is 2.12 bits per heavy atom. The third-order valence-electron chi connectivity index (χ3n) is 3.63. The summed E-state index contributed by atoms with van der Waals surface area (Å²) >= 11 is 0. The molecule has 1 aliphatic carbocycles. The Morgan fingerprint density at radius 1 is 1.12 bits per heavy atom. The van der Waals surface area contributed by atoms with Gasteiger partial charge in [0, 0.05) is 19.0 Å². The number of nitrogens with two attached hydrogens (primary N) is 1. The molecule has 94 valence electrons. The van der Waals surface area contributed by atoms with Crippen LogP contribution in [0.2, 0.25) is 0 Å². The highest BCUT2D eigenvalue weighted by atomic mass is 16.4. The summed E-state index contributed by atoms with van der Waals surface area (Å²) in [7, 11) is 0. The van der Waals surface area contributed by atoms with Gasteiger partial charge in [-0.3, -0.25) is 14.4 Å². The third-order valence-corrected chi connectivity index (χ3v) is 3.63. The average molecular weight is 240 g/mol. The fourth-order valence-corrected chi connectivity index (χ4v) is 2.36. The van der Waals surface area contributed by atoms with Crippen LogP contribution in [0.4, 0.5) is 0 Å². The van der Waals surface area contributed by atoms with Crippen LogP contribution in [0, 0.1) is 17.8 Å². The molecule has 0 spiro atoms. The maximum absolute atomic E-state index is 11.9. The molecule has 6 heteroatoms. The molecule has 0 aromatic rings. The number of piperidine rings is 1. The maximum Gasteiger partial charge on any atom is 0.307 e. The van der Waals surface area contributed by atoms with Gasteiger partial charge in [-0.05, 0) is 19.3 Å². The molecule has 2 amide bonds. The fourth-order valence-electron chi connectivity index (χ4n) is 2.36. The first-order valence-corrected chi connectivity index (χ1v) is 5.81. The van der Waals surface area contributed by atoms with Crippen LogP contribution in [0.5, 0.6) is 0 Å². The standard InChI is InChI=1S/C11H16N2O4/c12-9(14)6-1-3-13(4-2-6)10(15)7-5-8(7)11(16)17/h6-8H,1-5H2,(H2,12,14)(H,16,17). The van der Waals surface area contributed by atoms with E-state index in [0.717, 1.165) is 0 Å². The van der Waals surface area contributed by atoms with E-state index in [9.17, 15) is 14.4 Å². The summed E-state index contributed by atoms with van der Waals surface area (Å²) in [6.07, 6.45) is 1.63. The number of carboxylic acid groups (broad SMARTS) is 1. The molecular weight excluding hydrogens is 224 g/mol. The molecule has 1 saturated carbocycles. The van der Waals surface area contributed by atoms with Crippen molar-refractivity contribution in [3.05, 3.63) is 0 Å². The lowest BCUT2D eigenvalue weighted by Gasteiger charge is -2.30. The molecule has 2 aliphatic rings. The number of primary amides is 1. The topological polar surface area (TPSA) is 101 Å². The molecule has 1 aliphatic heterocycles. The molecule has 17 heavy (non-hydrogen) atoms. The molecule has 2 unspecified atom stereocenters. The van der Waals surface area contributed by atoms with Gasteiger partial charge < -0.3 is 15.7 Å². The molecule has 2 rings (SSSR count). The van der Waals surface area contributed by atoms with Gasteiger partial charge in [-0.2, -0.15) is 0 Å². The zero-order valence-corrected chi connectivity index (χ0v) is 9.46. The number of carbonyl (C=O) groups is 3. The Bertz CT molecular complexity index is 360. The Morgan fingerprint density at radius 2 is 1.71 bits per heavy atom. The number of hydrogen-bond acceptors (Lipinski definition) is 3. The molecule has 1 heterocycles. The Hall–Kier alpha value is -1.59. The van der Waals surface area contributed by atoms with Crippen molar-refractivity contribution in [3.8, 4) is 0 Å². The van der Waals surface area contributed by atoms with Gasteiger partial charge in [0.05, 0.1) is 11.8 Å². The number of hydrogen-bond donors (Lipinski definition) is 2. The number of nitrogens with zero attached hydrogens (tertiary/aromatic N) is 1. The van der Waals surface area contributed by atoms with Crippen LogP contribution in [0.25, 0.3) is 0 Å². The largest absolute Gasteiger partial charge is 0.481 e. The van der Waals surface area contributed by atoms with Crippen molar-refractivity contribution < 1.29 is 19.5 Å². The predicted octanol–water partition coefficient (Wildman–Crippen LogP) is -0.569. The number of carboxylic acids is 1. The van der Waals surface area contributed by atoms with E-state index in [-0.39, 0.29) is 23.7 Å². The minimum atomic E-state index is -0.893. The monoisotopic (exact) mass is 240 g/mol. The van der Waals surface area contributed by atoms with Crippen LogP contribution in [0.3, 0.4) is 0 Å². The summed E-state index contributed by atoms with van der Waals surface area (Å²) < 4.78 is 0. The molecule has 6 nitrogen and oxygen atoms in total. The van der Waals surface area contributed by atoms with Gasteiger partial charge in [0.25, 0.3) is 0 Å². The van der Waals surface area contributed by atoms with E-state index in [2.05, 4.69) is 0 Å². The average Bonchev–Trinajstić information content (AvgIpc) is 3.08. The van der Waals surface area contributed by atoms with Crippen molar-refractivity contribution in [2.45, 2.75) is 19.3 Å². The summed E-state index contributed by atoms with van der Waals surface area (Å²) in [5, 5.41) is 8.75. The highest BCUT2D eigenvalue weighted by Crippen LogP contribution is 2.40. The van der Waals surface area contributed by atoms with Crippen molar-refractivity contribution in [3.63, 3.8) is 0 Å². The van der Waals surface area contributed by atoms with Crippen molar-refractivity contribution >= 4 is 17.8 Å². The summed E-state index contributed by atoms with van der Waals surface area (Å²) in [6, 6.07) is 0. The summed E-state index contributed by atoms with van der Waals surface area (Å²) in [5.74, 6) is -2.29. The molecular formula is C11H16N2O4. The zero-order chi connectivity index (χ0) is 12.6. The maximum atomic E-state index is 11.9. The molecule has 0 radical (unpaired) electrons. The van der Waals surface area contributed by atoms with Crippen LogP contribution < -0.4 is 5.73 Å². The first-order chi connectivity index (χ1) is 8.00. The molecule has 1 saturated heterocycles. The van der Waals surface area contributed by atoms with Gasteiger partial charge in [-0.1, -0.05) is 0 Å². The van der Waals surface area contributed by atoms with E-state index >= 15 is 0 Å². The zero-order valence-electron chi connectivity index (χ0n) is 9.46. The van der Waals surface area contributed by atoms with Crippen LogP contribution >= 0.6 is 0 Å². The second-order valence-corrected chi connectivity index (χ2v) is 4.79. The van der Waals surface area contributed by atoms with E-state index < -0.39 is 11.9 Å². The van der Waals surface area contributed by atoms with Gasteiger partial charge in [-0.15, -0.1) is 0 Å². The lowest BCUT2D eigenvalue weighted by molar-refractivity contribution is -0.142. The second-order valence-electron chi connectivity index (χ2n) is 4.79. The Kier molecular flexibility index (Phi) is 3.04. The van der Waals surface area contributed by atoms with Crippen molar-refractivity contribution in [2.75, 3.05) is 13.1 Å². The molecule has 2 fully saturated rings. The van der Waals surface area contributed by atoms with Gasteiger partial charge in [-0.25, -0.2) is 0 Å². The number of likely N-dealkylation sites (tertiary alicyclic amines) is 1. The van der Waals surface area contributed by atoms with E-state index in [1.807, 2.05) is 0 Å². The molecule has 0 aromatic carbocycles. The number of carbonyl (C=O) groups excluding carboxylic acids is 2.